The highest BCUT2D eigenvalue weighted by molar-refractivity contribution is 7.91. The Morgan fingerprint density at radius 2 is 2.10 bits per heavy atom. The number of benzene rings is 1. The summed E-state index contributed by atoms with van der Waals surface area (Å²) in [7, 11) is -3.03. The zero-order valence-corrected chi connectivity index (χ0v) is 12.2. The first-order valence-corrected chi connectivity index (χ1v) is 8.40. The molecule has 110 valence electrons. The largest absolute Gasteiger partial charge is 0.508 e. The second-order valence-corrected chi connectivity index (χ2v) is 7.76. The van der Waals surface area contributed by atoms with Crippen LogP contribution in [0.25, 0.3) is 0 Å². The predicted octanol–water partition coefficient (Wildman–Crippen LogP) is 1.02. The smallest absolute Gasteiger partial charge is 0.220 e. The predicted molar refractivity (Wildman–Crippen MR) is 76.2 cm³/mol. The van der Waals surface area contributed by atoms with Gasteiger partial charge in [-0.1, -0.05) is 18.2 Å². The van der Waals surface area contributed by atoms with Crippen molar-refractivity contribution in [2.75, 3.05) is 11.5 Å². The molecule has 1 fully saturated rings. The molecule has 1 aromatic rings. The molecule has 1 aromatic carbocycles. The van der Waals surface area contributed by atoms with E-state index in [9.17, 15) is 18.3 Å². The average Bonchev–Trinajstić information content (AvgIpc) is 2.62. The van der Waals surface area contributed by atoms with Crippen LogP contribution in [0.1, 0.15) is 25.3 Å². The van der Waals surface area contributed by atoms with Crippen molar-refractivity contribution in [2.45, 2.75) is 31.7 Å². The third-order valence-electron chi connectivity index (χ3n) is 3.56. The maximum atomic E-state index is 11.9. The quantitative estimate of drug-likeness (QED) is 0.869. The number of hydrogen-bond acceptors (Lipinski definition) is 4. The molecule has 2 rings (SSSR count). The Hall–Kier alpha value is -1.56. The standard InChI is InChI=1S/C14H19NO4S/c1-14(8-9-20(18,19)10-14)15-13(17)7-6-11-4-2-3-5-12(11)16/h2-5,16H,6-10H2,1H3,(H,15,17). The van der Waals surface area contributed by atoms with Gasteiger partial charge < -0.3 is 10.4 Å². The Bertz CT molecular complexity index is 611. The first-order valence-electron chi connectivity index (χ1n) is 6.58. The second-order valence-electron chi connectivity index (χ2n) is 5.58. The fourth-order valence-electron chi connectivity index (χ4n) is 2.48. The lowest BCUT2D eigenvalue weighted by Crippen LogP contribution is -2.47. The minimum absolute atomic E-state index is 0.00231. The van der Waals surface area contributed by atoms with Crippen molar-refractivity contribution in [1.82, 2.24) is 5.32 Å². The number of carbonyl (C=O) groups is 1. The van der Waals surface area contributed by atoms with Gasteiger partial charge in [-0.15, -0.1) is 0 Å². The normalized spacial score (nSPS) is 24.4. The van der Waals surface area contributed by atoms with Crippen LogP contribution in [0.5, 0.6) is 5.75 Å². The van der Waals surface area contributed by atoms with Crippen molar-refractivity contribution in [1.29, 1.82) is 0 Å². The molecule has 1 saturated heterocycles. The molecule has 1 heterocycles. The number of phenols is 1. The molecular weight excluding hydrogens is 278 g/mol. The van der Waals surface area contributed by atoms with Crippen LogP contribution < -0.4 is 5.32 Å². The molecule has 20 heavy (non-hydrogen) atoms. The van der Waals surface area contributed by atoms with E-state index in [0.29, 0.717) is 18.4 Å². The lowest BCUT2D eigenvalue weighted by atomic mass is 10.0. The molecule has 0 bridgehead atoms. The van der Waals surface area contributed by atoms with Crippen molar-refractivity contribution >= 4 is 15.7 Å². The summed E-state index contributed by atoms with van der Waals surface area (Å²) >= 11 is 0. The van der Waals surface area contributed by atoms with Crippen molar-refractivity contribution in [3.8, 4) is 5.75 Å². The molecule has 0 aliphatic carbocycles. The maximum Gasteiger partial charge on any atom is 0.220 e. The maximum absolute atomic E-state index is 11.9. The molecule has 2 N–H and O–H groups in total. The van der Waals surface area contributed by atoms with Crippen LogP contribution in [0.2, 0.25) is 0 Å². The zero-order valence-electron chi connectivity index (χ0n) is 11.4. The van der Waals surface area contributed by atoms with E-state index in [1.165, 1.54) is 0 Å². The van der Waals surface area contributed by atoms with E-state index in [-0.39, 0.29) is 29.6 Å². The van der Waals surface area contributed by atoms with Gasteiger partial charge in [0.25, 0.3) is 0 Å². The van der Waals surface area contributed by atoms with Crippen molar-refractivity contribution in [3.05, 3.63) is 29.8 Å². The van der Waals surface area contributed by atoms with Gasteiger partial charge in [-0.25, -0.2) is 8.42 Å². The first kappa shape index (κ1) is 14.8. The van der Waals surface area contributed by atoms with Crippen LogP contribution in [0.15, 0.2) is 24.3 Å². The lowest BCUT2D eigenvalue weighted by molar-refractivity contribution is -0.122. The van der Waals surface area contributed by atoms with Crippen molar-refractivity contribution in [2.24, 2.45) is 0 Å². The van der Waals surface area contributed by atoms with Gasteiger partial charge in [-0.3, -0.25) is 4.79 Å². The van der Waals surface area contributed by atoms with Crippen molar-refractivity contribution < 1.29 is 18.3 Å². The molecule has 1 amide bonds. The number of nitrogens with one attached hydrogen (secondary N) is 1. The van der Waals surface area contributed by atoms with Crippen LogP contribution in [0, 0.1) is 0 Å². The monoisotopic (exact) mass is 297 g/mol. The summed E-state index contributed by atoms with van der Waals surface area (Å²) in [6.07, 6.45) is 1.12. The second kappa shape index (κ2) is 5.44. The molecule has 5 nitrogen and oxygen atoms in total. The Morgan fingerprint density at radius 1 is 1.40 bits per heavy atom. The number of hydrogen-bond donors (Lipinski definition) is 2. The number of aromatic hydroxyl groups is 1. The number of amides is 1. The molecule has 1 unspecified atom stereocenters. The third kappa shape index (κ3) is 3.72. The number of para-hydroxylation sites is 1. The summed E-state index contributed by atoms with van der Waals surface area (Å²) < 4.78 is 22.9. The summed E-state index contributed by atoms with van der Waals surface area (Å²) in [5.41, 5.74) is 0.0566. The highest BCUT2D eigenvalue weighted by Gasteiger charge is 2.39. The Morgan fingerprint density at radius 3 is 2.70 bits per heavy atom. The number of carbonyl (C=O) groups excluding carboxylic acids is 1. The highest BCUT2D eigenvalue weighted by atomic mass is 32.2. The number of aryl methyl sites for hydroxylation is 1. The molecular formula is C14H19NO4S. The third-order valence-corrected chi connectivity index (χ3v) is 5.46. The van der Waals surface area contributed by atoms with Gasteiger partial charge in [0, 0.05) is 6.42 Å². The number of rotatable bonds is 4. The molecule has 0 radical (unpaired) electrons. The van der Waals surface area contributed by atoms with Crippen molar-refractivity contribution in [3.63, 3.8) is 0 Å². The van der Waals surface area contributed by atoms with E-state index in [1.807, 2.05) is 0 Å². The Labute approximate surface area is 118 Å². The Kier molecular flexibility index (Phi) is 4.04. The van der Waals surface area contributed by atoms with Crippen LogP contribution in [0.3, 0.4) is 0 Å². The molecule has 1 atom stereocenters. The van der Waals surface area contributed by atoms with Gasteiger partial charge in [-0.05, 0) is 31.4 Å². The molecule has 0 spiro atoms. The topological polar surface area (TPSA) is 83.5 Å². The summed E-state index contributed by atoms with van der Waals surface area (Å²) in [4.78, 5) is 11.9. The van der Waals surface area contributed by atoms with Gasteiger partial charge in [-0.2, -0.15) is 0 Å². The minimum Gasteiger partial charge on any atom is -0.508 e. The van der Waals surface area contributed by atoms with Gasteiger partial charge >= 0.3 is 0 Å². The fourth-order valence-corrected chi connectivity index (χ4v) is 4.57. The van der Waals surface area contributed by atoms with Gasteiger partial charge in [0.05, 0.1) is 17.0 Å². The first-order chi connectivity index (χ1) is 9.30. The van der Waals surface area contributed by atoms with E-state index in [1.54, 1.807) is 31.2 Å². The van der Waals surface area contributed by atoms with Gasteiger partial charge in [0.2, 0.25) is 5.91 Å². The average molecular weight is 297 g/mol. The lowest BCUT2D eigenvalue weighted by Gasteiger charge is -2.23. The van der Waals surface area contributed by atoms with E-state index < -0.39 is 15.4 Å². The van der Waals surface area contributed by atoms with Gasteiger partial charge in [0.1, 0.15) is 5.75 Å². The van der Waals surface area contributed by atoms with E-state index in [2.05, 4.69) is 5.32 Å². The van der Waals surface area contributed by atoms with E-state index in [4.69, 9.17) is 0 Å². The van der Waals surface area contributed by atoms with Crippen LogP contribution >= 0.6 is 0 Å². The fraction of sp³-hybridized carbons (Fsp3) is 0.500. The van der Waals surface area contributed by atoms with E-state index in [0.717, 1.165) is 0 Å². The minimum atomic E-state index is -3.03. The highest BCUT2D eigenvalue weighted by Crippen LogP contribution is 2.23. The summed E-state index contributed by atoms with van der Waals surface area (Å²) in [6.45, 7) is 1.76. The summed E-state index contributed by atoms with van der Waals surface area (Å²) in [5.74, 6) is 0.119. The molecule has 1 aliphatic rings. The van der Waals surface area contributed by atoms with Gasteiger partial charge in [0.15, 0.2) is 9.84 Å². The number of sulfone groups is 1. The summed E-state index contributed by atoms with van der Waals surface area (Å²) in [6, 6.07) is 6.88. The molecule has 0 aromatic heterocycles. The summed E-state index contributed by atoms with van der Waals surface area (Å²) in [5, 5.41) is 12.4. The molecule has 1 aliphatic heterocycles. The zero-order chi connectivity index (χ0) is 14.8. The SMILES string of the molecule is CC1(NC(=O)CCc2ccccc2O)CCS(=O)(=O)C1. The number of phenolic OH excluding ortho intramolecular Hbond substituents is 1. The van der Waals surface area contributed by atoms with E-state index >= 15 is 0 Å². The van der Waals surface area contributed by atoms with Crippen LogP contribution in [0.4, 0.5) is 0 Å². The molecule has 6 heteroatoms. The Balaban J connectivity index is 1.89. The van der Waals surface area contributed by atoms with Crippen LogP contribution in [-0.2, 0) is 21.1 Å². The van der Waals surface area contributed by atoms with Crippen LogP contribution in [-0.4, -0.2) is 36.5 Å². The molecule has 0 saturated carbocycles.